The van der Waals surface area contributed by atoms with Gasteiger partial charge in [0, 0.05) is 26.2 Å². The second-order valence-electron chi connectivity index (χ2n) is 3.94. The average molecular weight is 240 g/mol. The van der Waals surface area contributed by atoms with E-state index < -0.39 is 0 Å². The van der Waals surface area contributed by atoms with Gasteiger partial charge in [0.2, 0.25) is 0 Å². The van der Waals surface area contributed by atoms with Gasteiger partial charge in [-0.2, -0.15) is 0 Å². The first-order chi connectivity index (χ1) is 7.66. The van der Waals surface area contributed by atoms with Crippen molar-refractivity contribution in [1.82, 2.24) is 14.8 Å². The summed E-state index contributed by atoms with van der Waals surface area (Å²) in [6.45, 7) is 3.33. The number of likely N-dealkylation sites (N-methyl/N-ethyl adjacent to an activating group) is 1. The van der Waals surface area contributed by atoms with Crippen molar-refractivity contribution < 1.29 is 4.79 Å². The minimum atomic E-state index is -0.0319. The fraction of sp³-hybridized carbons (Fsp3) is 0.455. The summed E-state index contributed by atoms with van der Waals surface area (Å²) in [5, 5.41) is 0.361. The molecular weight excluding hydrogens is 226 g/mol. The zero-order chi connectivity index (χ0) is 11.5. The number of hydrogen-bond donors (Lipinski definition) is 0. The van der Waals surface area contributed by atoms with Gasteiger partial charge < -0.3 is 9.80 Å². The smallest absolute Gasteiger partial charge is 0.272 e. The maximum Gasteiger partial charge on any atom is 0.272 e. The van der Waals surface area contributed by atoms with Crippen molar-refractivity contribution in [2.45, 2.75) is 0 Å². The van der Waals surface area contributed by atoms with Gasteiger partial charge in [0.15, 0.2) is 0 Å². The van der Waals surface area contributed by atoms with Gasteiger partial charge in [0.1, 0.15) is 10.8 Å². The van der Waals surface area contributed by atoms with Crippen LogP contribution in [-0.4, -0.2) is 53.9 Å². The number of aromatic nitrogens is 1. The van der Waals surface area contributed by atoms with Crippen molar-refractivity contribution in [3.05, 3.63) is 29.0 Å². The van der Waals surface area contributed by atoms with Gasteiger partial charge in [-0.05, 0) is 19.2 Å². The number of hydrogen-bond acceptors (Lipinski definition) is 3. The number of carbonyl (C=O) groups is 1. The van der Waals surface area contributed by atoms with Crippen molar-refractivity contribution in [3.8, 4) is 0 Å². The molecule has 2 rings (SSSR count). The molecule has 0 aliphatic carbocycles. The molecule has 0 bridgehead atoms. The number of halogens is 1. The van der Waals surface area contributed by atoms with E-state index in [-0.39, 0.29) is 5.91 Å². The van der Waals surface area contributed by atoms with Crippen LogP contribution in [0.5, 0.6) is 0 Å². The van der Waals surface area contributed by atoms with E-state index in [4.69, 9.17) is 11.6 Å². The fourth-order valence-corrected chi connectivity index (χ4v) is 1.86. The minimum Gasteiger partial charge on any atom is -0.335 e. The first kappa shape index (κ1) is 11.4. The first-order valence-corrected chi connectivity index (χ1v) is 5.65. The highest BCUT2D eigenvalue weighted by atomic mass is 35.5. The number of rotatable bonds is 1. The van der Waals surface area contributed by atoms with E-state index in [1.807, 2.05) is 4.90 Å². The lowest BCUT2D eigenvalue weighted by Crippen LogP contribution is -2.47. The second-order valence-corrected chi connectivity index (χ2v) is 4.33. The Kier molecular flexibility index (Phi) is 3.41. The van der Waals surface area contributed by atoms with Gasteiger partial charge in [0.25, 0.3) is 5.91 Å². The molecular formula is C11H14ClN3O. The Bertz CT molecular complexity index is 389. The predicted molar refractivity (Wildman–Crippen MR) is 62.6 cm³/mol. The van der Waals surface area contributed by atoms with E-state index in [0.717, 1.165) is 26.2 Å². The van der Waals surface area contributed by atoms with Crippen LogP contribution in [0.4, 0.5) is 0 Å². The third-order valence-corrected chi connectivity index (χ3v) is 2.94. The average Bonchev–Trinajstić information content (AvgIpc) is 2.29. The van der Waals surface area contributed by atoms with Crippen molar-refractivity contribution >= 4 is 17.5 Å². The van der Waals surface area contributed by atoms with E-state index in [9.17, 15) is 4.79 Å². The van der Waals surface area contributed by atoms with Crippen LogP contribution in [0.15, 0.2) is 18.2 Å². The van der Waals surface area contributed by atoms with Gasteiger partial charge in [0.05, 0.1) is 0 Å². The largest absolute Gasteiger partial charge is 0.335 e. The van der Waals surface area contributed by atoms with Crippen LogP contribution >= 0.6 is 11.6 Å². The SMILES string of the molecule is CN1CCN(C(=O)c2cccc(Cl)n2)CC1. The first-order valence-electron chi connectivity index (χ1n) is 5.27. The monoisotopic (exact) mass is 239 g/mol. The number of nitrogens with zero attached hydrogens (tertiary/aromatic N) is 3. The van der Waals surface area contributed by atoms with Gasteiger partial charge in [-0.3, -0.25) is 4.79 Å². The van der Waals surface area contributed by atoms with Crippen LogP contribution in [0.2, 0.25) is 5.15 Å². The van der Waals surface area contributed by atoms with E-state index in [1.165, 1.54) is 0 Å². The lowest BCUT2D eigenvalue weighted by Gasteiger charge is -2.32. The number of pyridine rings is 1. The quantitative estimate of drug-likeness (QED) is 0.690. The van der Waals surface area contributed by atoms with E-state index in [0.29, 0.717) is 10.8 Å². The molecule has 0 radical (unpaired) electrons. The summed E-state index contributed by atoms with van der Waals surface area (Å²) in [5.74, 6) is -0.0319. The van der Waals surface area contributed by atoms with Crippen molar-refractivity contribution in [2.24, 2.45) is 0 Å². The Hall–Kier alpha value is -1.13. The summed E-state index contributed by atoms with van der Waals surface area (Å²) >= 11 is 5.76. The van der Waals surface area contributed by atoms with E-state index in [2.05, 4.69) is 16.9 Å². The molecule has 2 heterocycles. The highest BCUT2D eigenvalue weighted by Crippen LogP contribution is 2.09. The van der Waals surface area contributed by atoms with Gasteiger partial charge in [-0.1, -0.05) is 17.7 Å². The van der Waals surface area contributed by atoms with Crippen LogP contribution in [0.3, 0.4) is 0 Å². The molecule has 0 saturated carbocycles. The highest BCUT2D eigenvalue weighted by molar-refractivity contribution is 6.29. The summed E-state index contributed by atoms with van der Waals surface area (Å²) in [5.41, 5.74) is 0.428. The molecule has 0 spiro atoms. The Morgan fingerprint density at radius 3 is 2.62 bits per heavy atom. The topological polar surface area (TPSA) is 36.4 Å². The maximum atomic E-state index is 12.0. The number of piperazine rings is 1. The number of carbonyl (C=O) groups excluding carboxylic acids is 1. The zero-order valence-corrected chi connectivity index (χ0v) is 9.94. The van der Waals surface area contributed by atoms with Crippen LogP contribution in [-0.2, 0) is 0 Å². The molecule has 1 aliphatic heterocycles. The van der Waals surface area contributed by atoms with Crippen LogP contribution < -0.4 is 0 Å². The summed E-state index contributed by atoms with van der Waals surface area (Å²) in [6.07, 6.45) is 0. The van der Waals surface area contributed by atoms with Gasteiger partial charge >= 0.3 is 0 Å². The Morgan fingerprint density at radius 1 is 1.31 bits per heavy atom. The van der Waals surface area contributed by atoms with Crippen molar-refractivity contribution in [1.29, 1.82) is 0 Å². The van der Waals surface area contributed by atoms with Crippen molar-refractivity contribution in [2.75, 3.05) is 33.2 Å². The van der Waals surface area contributed by atoms with E-state index in [1.54, 1.807) is 18.2 Å². The molecule has 0 N–H and O–H groups in total. The molecule has 1 saturated heterocycles. The fourth-order valence-electron chi connectivity index (χ4n) is 1.70. The molecule has 1 aromatic rings. The summed E-state index contributed by atoms with van der Waals surface area (Å²) in [7, 11) is 2.06. The molecule has 86 valence electrons. The third-order valence-electron chi connectivity index (χ3n) is 2.72. The van der Waals surface area contributed by atoms with Gasteiger partial charge in [-0.15, -0.1) is 0 Å². The predicted octanol–water partition coefficient (Wildman–Crippen LogP) is 1.12. The number of amides is 1. The van der Waals surface area contributed by atoms with Crippen LogP contribution in [0.1, 0.15) is 10.5 Å². The van der Waals surface area contributed by atoms with Crippen LogP contribution in [0.25, 0.3) is 0 Å². The molecule has 0 atom stereocenters. The summed E-state index contributed by atoms with van der Waals surface area (Å²) in [4.78, 5) is 20.1. The molecule has 1 amide bonds. The Labute approximate surface area is 99.8 Å². The maximum absolute atomic E-state index is 12.0. The molecule has 0 aromatic carbocycles. The molecule has 1 aromatic heterocycles. The zero-order valence-electron chi connectivity index (χ0n) is 9.19. The molecule has 1 fully saturated rings. The highest BCUT2D eigenvalue weighted by Gasteiger charge is 2.21. The summed E-state index contributed by atoms with van der Waals surface area (Å²) in [6, 6.07) is 5.12. The van der Waals surface area contributed by atoms with Gasteiger partial charge in [-0.25, -0.2) is 4.98 Å². The minimum absolute atomic E-state index is 0.0319. The van der Waals surface area contributed by atoms with E-state index >= 15 is 0 Å². The third kappa shape index (κ3) is 2.51. The molecule has 1 aliphatic rings. The Balaban J connectivity index is 2.08. The standard InChI is InChI=1S/C11H14ClN3O/c1-14-5-7-15(8-6-14)11(16)9-3-2-4-10(12)13-9/h2-4H,5-8H2,1H3. The van der Waals surface area contributed by atoms with Crippen LogP contribution in [0, 0.1) is 0 Å². The lowest BCUT2D eigenvalue weighted by molar-refractivity contribution is 0.0658. The lowest BCUT2D eigenvalue weighted by atomic mass is 10.2. The molecule has 16 heavy (non-hydrogen) atoms. The second kappa shape index (κ2) is 4.80. The summed E-state index contributed by atoms with van der Waals surface area (Å²) < 4.78 is 0. The molecule has 4 nitrogen and oxygen atoms in total. The van der Waals surface area contributed by atoms with Crippen molar-refractivity contribution in [3.63, 3.8) is 0 Å². The Morgan fingerprint density at radius 2 is 2.00 bits per heavy atom. The normalized spacial score (nSPS) is 17.5. The molecule has 0 unspecified atom stereocenters. The molecule has 5 heteroatoms.